The first-order chi connectivity index (χ1) is 13.8. The van der Waals surface area contributed by atoms with Gasteiger partial charge in [0.25, 0.3) is 5.91 Å². The van der Waals surface area contributed by atoms with Crippen LogP contribution in [0.15, 0.2) is 72.9 Å². The van der Waals surface area contributed by atoms with Gasteiger partial charge in [0.15, 0.2) is 0 Å². The van der Waals surface area contributed by atoms with Crippen LogP contribution in [0.3, 0.4) is 0 Å². The number of ether oxygens (including phenoxy) is 1. The highest BCUT2D eigenvalue weighted by Crippen LogP contribution is 2.27. The molecule has 0 saturated carbocycles. The summed E-state index contributed by atoms with van der Waals surface area (Å²) in [5.41, 5.74) is 2.32. The highest BCUT2D eigenvalue weighted by molar-refractivity contribution is 5.99. The molecule has 0 atom stereocenters. The van der Waals surface area contributed by atoms with Gasteiger partial charge in [0.05, 0.1) is 18.4 Å². The van der Waals surface area contributed by atoms with Crippen LogP contribution < -0.4 is 20.7 Å². The minimum atomic E-state index is -0.162. The summed E-state index contributed by atoms with van der Waals surface area (Å²) in [5, 5.41) is 9.46. The maximum atomic E-state index is 12.6. The van der Waals surface area contributed by atoms with Crippen molar-refractivity contribution in [3.8, 4) is 5.75 Å². The number of nitrogens with one attached hydrogen (secondary N) is 3. The molecular formula is C22H24N4O2. The summed E-state index contributed by atoms with van der Waals surface area (Å²) in [7, 11) is 1.61. The number of carbonyl (C=O) groups excluding carboxylic acids is 1. The van der Waals surface area contributed by atoms with Crippen molar-refractivity contribution in [2.75, 3.05) is 30.8 Å². The van der Waals surface area contributed by atoms with E-state index in [-0.39, 0.29) is 5.91 Å². The zero-order valence-electron chi connectivity index (χ0n) is 15.8. The summed E-state index contributed by atoms with van der Waals surface area (Å²) in [5.74, 6) is 1.02. The van der Waals surface area contributed by atoms with Gasteiger partial charge in [-0.05, 0) is 42.8 Å². The van der Waals surface area contributed by atoms with E-state index in [4.69, 9.17) is 4.74 Å². The van der Waals surface area contributed by atoms with E-state index in [0.717, 1.165) is 24.3 Å². The summed E-state index contributed by atoms with van der Waals surface area (Å²) >= 11 is 0. The van der Waals surface area contributed by atoms with E-state index in [1.165, 1.54) is 0 Å². The molecule has 0 aliphatic carbocycles. The van der Waals surface area contributed by atoms with Crippen LogP contribution in [-0.2, 0) is 0 Å². The largest absolute Gasteiger partial charge is 0.495 e. The van der Waals surface area contributed by atoms with Crippen molar-refractivity contribution in [2.45, 2.75) is 6.42 Å². The Balaban J connectivity index is 1.55. The van der Waals surface area contributed by atoms with E-state index < -0.39 is 0 Å². The highest BCUT2D eigenvalue weighted by atomic mass is 16.5. The summed E-state index contributed by atoms with van der Waals surface area (Å²) in [6.45, 7) is 1.35. The van der Waals surface area contributed by atoms with Crippen molar-refractivity contribution < 1.29 is 9.53 Å². The average molecular weight is 376 g/mol. The van der Waals surface area contributed by atoms with Crippen LogP contribution in [0.2, 0.25) is 0 Å². The molecule has 144 valence electrons. The molecule has 0 bridgehead atoms. The monoisotopic (exact) mass is 376 g/mol. The third kappa shape index (κ3) is 5.23. The lowest BCUT2D eigenvalue weighted by Crippen LogP contribution is -2.26. The first-order valence-corrected chi connectivity index (χ1v) is 9.20. The maximum absolute atomic E-state index is 12.6. The lowest BCUT2D eigenvalue weighted by molar-refractivity contribution is 0.0954. The topological polar surface area (TPSA) is 75.3 Å². The fourth-order valence-corrected chi connectivity index (χ4v) is 2.74. The number of pyridine rings is 1. The molecule has 0 radical (unpaired) electrons. The molecule has 3 aromatic rings. The van der Waals surface area contributed by atoms with Gasteiger partial charge in [0.2, 0.25) is 0 Å². The van der Waals surface area contributed by atoms with Gasteiger partial charge in [-0.25, -0.2) is 4.98 Å². The van der Waals surface area contributed by atoms with E-state index in [0.29, 0.717) is 23.7 Å². The van der Waals surface area contributed by atoms with Gasteiger partial charge in [0.1, 0.15) is 11.6 Å². The van der Waals surface area contributed by atoms with Crippen molar-refractivity contribution in [1.29, 1.82) is 0 Å². The Morgan fingerprint density at radius 3 is 2.57 bits per heavy atom. The fourth-order valence-electron chi connectivity index (χ4n) is 2.74. The van der Waals surface area contributed by atoms with Crippen LogP contribution in [0, 0.1) is 0 Å². The average Bonchev–Trinajstić information content (AvgIpc) is 2.75. The lowest BCUT2D eigenvalue weighted by Gasteiger charge is -2.13. The van der Waals surface area contributed by atoms with Crippen molar-refractivity contribution >= 4 is 23.1 Å². The Kier molecular flexibility index (Phi) is 6.84. The number of anilines is 3. The number of hydrogen-bond acceptors (Lipinski definition) is 5. The minimum absolute atomic E-state index is 0.162. The predicted octanol–water partition coefficient (Wildman–Crippen LogP) is 4.07. The lowest BCUT2D eigenvalue weighted by atomic mass is 10.2. The smallest absolute Gasteiger partial charge is 0.255 e. The number of carbonyl (C=O) groups is 1. The fraction of sp³-hybridized carbons (Fsp3) is 0.182. The van der Waals surface area contributed by atoms with E-state index in [1.54, 1.807) is 25.4 Å². The molecule has 6 nitrogen and oxygen atoms in total. The molecule has 1 aromatic heterocycles. The Morgan fingerprint density at radius 2 is 1.75 bits per heavy atom. The Hall–Kier alpha value is -3.54. The Morgan fingerprint density at radius 1 is 0.964 bits per heavy atom. The number of nitrogens with zero attached hydrogens (tertiary/aromatic N) is 1. The van der Waals surface area contributed by atoms with Gasteiger partial charge in [-0.3, -0.25) is 4.79 Å². The van der Waals surface area contributed by atoms with E-state index in [1.807, 2.05) is 54.6 Å². The second-order valence-corrected chi connectivity index (χ2v) is 6.13. The van der Waals surface area contributed by atoms with Crippen LogP contribution in [-0.4, -0.2) is 31.1 Å². The highest BCUT2D eigenvalue weighted by Gasteiger charge is 2.13. The number of rotatable bonds is 9. The normalized spacial score (nSPS) is 10.2. The maximum Gasteiger partial charge on any atom is 0.255 e. The summed E-state index contributed by atoms with van der Waals surface area (Å²) in [4.78, 5) is 16.9. The second kappa shape index (κ2) is 9.97. The van der Waals surface area contributed by atoms with Gasteiger partial charge < -0.3 is 20.7 Å². The summed E-state index contributed by atoms with van der Waals surface area (Å²) in [6.07, 6.45) is 2.47. The van der Waals surface area contributed by atoms with Crippen molar-refractivity contribution in [3.05, 3.63) is 78.5 Å². The first kappa shape index (κ1) is 19.2. The molecule has 28 heavy (non-hydrogen) atoms. The number of para-hydroxylation sites is 3. The van der Waals surface area contributed by atoms with E-state index in [2.05, 4.69) is 20.9 Å². The molecule has 0 aliphatic heterocycles. The molecule has 0 aliphatic rings. The molecule has 1 amide bonds. The summed E-state index contributed by atoms with van der Waals surface area (Å²) < 4.78 is 5.35. The van der Waals surface area contributed by atoms with Gasteiger partial charge in [-0.15, -0.1) is 0 Å². The Labute approximate surface area is 165 Å². The van der Waals surface area contributed by atoms with Gasteiger partial charge >= 0.3 is 0 Å². The van der Waals surface area contributed by atoms with Crippen LogP contribution in [0.1, 0.15) is 16.8 Å². The third-order valence-corrected chi connectivity index (χ3v) is 4.15. The molecule has 3 N–H and O–H groups in total. The zero-order valence-corrected chi connectivity index (χ0v) is 15.8. The second-order valence-electron chi connectivity index (χ2n) is 6.13. The number of methoxy groups -OCH3 is 1. The molecule has 3 rings (SSSR count). The number of hydrogen-bond donors (Lipinski definition) is 3. The molecule has 0 spiro atoms. The van der Waals surface area contributed by atoms with Gasteiger partial charge in [0, 0.05) is 25.0 Å². The quantitative estimate of drug-likeness (QED) is 0.491. The molecule has 0 fully saturated rings. The van der Waals surface area contributed by atoms with Crippen LogP contribution >= 0.6 is 0 Å². The summed E-state index contributed by atoms with van der Waals surface area (Å²) in [6, 6.07) is 21.0. The Bertz CT molecular complexity index is 900. The van der Waals surface area contributed by atoms with Crippen LogP contribution in [0.4, 0.5) is 17.2 Å². The molecule has 0 unspecified atom stereocenters. The third-order valence-electron chi connectivity index (χ3n) is 4.15. The number of aromatic nitrogens is 1. The van der Waals surface area contributed by atoms with Crippen LogP contribution in [0.5, 0.6) is 5.75 Å². The molecule has 2 aromatic carbocycles. The standard InChI is InChI=1S/C22H24N4O2/c1-28-20-13-6-5-12-19(20)26-21-18(11-7-14-24-21)22(27)25-16-8-15-23-17-9-3-2-4-10-17/h2-7,9-14,23H,8,15-16H2,1H3,(H,24,26)(H,25,27). The van der Waals surface area contributed by atoms with Crippen molar-refractivity contribution in [1.82, 2.24) is 10.3 Å². The van der Waals surface area contributed by atoms with Crippen LogP contribution in [0.25, 0.3) is 0 Å². The SMILES string of the molecule is COc1ccccc1Nc1ncccc1C(=O)NCCCNc1ccccc1. The van der Waals surface area contributed by atoms with Crippen molar-refractivity contribution in [2.24, 2.45) is 0 Å². The zero-order chi connectivity index (χ0) is 19.6. The number of benzene rings is 2. The molecule has 0 saturated heterocycles. The predicted molar refractivity (Wildman–Crippen MR) is 112 cm³/mol. The molecule has 6 heteroatoms. The van der Waals surface area contributed by atoms with E-state index in [9.17, 15) is 4.79 Å². The van der Waals surface area contributed by atoms with Crippen molar-refractivity contribution in [3.63, 3.8) is 0 Å². The molecule has 1 heterocycles. The number of amides is 1. The minimum Gasteiger partial charge on any atom is -0.495 e. The van der Waals surface area contributed by atoms with Gasteiger partial charge in [-0.1, -0.05) is 30.3 Å². The van der Waals surface area contributed by atoms with E-state index >= 15 is 0 Å². The molecular weight excluding hydrogens is 352 g/mol. The first-order valence-electron chi connectivity index (χ1n) is 9.20. The van der Waals surface area contributed by atoms with Gasteiger partial charge in [-0.2, -0.15) is 0 Å².